The summed E-state index contributed by atoms with van der Waals surface area (Å²) in [5.74, 6) is 0. The molecule has 70 valence electrons. The van der Waals surface area contributed by atoms with Crippen LogP contribution in [0, 0.1) is 0 Å². The Bertz CT molecular complexity index is 287. The summed E-state index contributed by atoms with van der Waals surface area (Å²) in [4.78, 5) is 4.14. The second kappa shape index (κ2) is 6.18. The maximum atomic E-state index is 4.14. The van der Waals surface area contributed by atoms with Crippen molar-refractivity contribution in [1.82, 2.24) is 4.98 Å². The number of hydrogen-bond acceptors (Lipinski definition) is 1. The maximum absolute atomic E-state index is 4.14. The lowest BCUT2D eigenvalue weighted by Gasteiger charge is -2.01. The fourth-order valence-corrected chi connectivity index (χ4v) is 0.941. The first-order valence-electron chi connectivity index (χ1n) is 4.49. The normalized spacial score (nSPS) is 8.23. The molecule has 0 spiro atoms. The number of rotatable bonds is 2. The molecule has 13 heavy (non-hydrogen) atoms. The Morgan fingerprint density at radius 3 is 2.46 bits per heavy atom. The lowest BCUT2D eigenvalue weighted by molar-refractivity contribution is 1.27. The van der Waals surface area contributed by atoms with E-state index in [4.69, 9.17) is 0 Å². The Balaban J connectivity index is 0.000000671. The highest BCUT2D eigenvalue weighted by Crippen LogP contribution is 2.14. The summed E-state index contributed by atoms with van der Waals surface area (Å²) < 4.78 is 0. The molecule has 1 heteroatoms. The molecule has 0 aromatic carbocycles. The Labute approximate surface area is 80.8 Å². The van der Waals surface area contributed by atoms with Crippen LogP contribution in [-0.4, -0.2) is 4.98 Å². The molecule has 1 nitrogen and oxygen atoms in total. The van der Waals surface area contributed by atoms with Crippen molar-refractivity contribution in [2.24, 2.45) is 0 Å². The summed E-state index contributed by atoms with van der Waals surface area (Å²) >= 11 is 0. The second-order valence-corrected chi connectivity index (χ2v) is 2.42. The van der Waals surface area contributed by atoms with Crippen molar-refractivity contribution < 1.29 is 0 Å². The van der Waals surface area contributed by atoms with Gasteiger partial charge in [0, 0.05) is 11.8 Å². The lowest BCUT2D eigenvalue weighted by atomic mass is 10.1. The Morgan fingerprint density at radius 1 is 1.46 bits per heavy atom. The first-order valence-corrected chi connectivity index (χ1v) is 4.49. The lowest BCUT2D eigenvalue weighted by Crippen LogP contribution is -1.86. The number of hydrogen-bond donors (Lipinski definition) is 0. The molecule has 0 bridgehead atoms. The summed E-state index contributed by atoms with van der Waals surface area (Å²) in [6, 6.07) is 3.89. The Hall–Kier alpha value is -1.37. The van der Waals surface area contributed by atoms with Crippen LogP contribution < -0.4 is 0 Å². The van der Waals surface area contributed by atoms with Gasteiger partial charge in [0.05, 0.1) is 5.69 Å². The molecule has 0 aliphatic carbocycles. The molecular weight excluding hydrogens is 158 g/mol. The number of aromatic nitrogens is 1. The molecule has 0 fully saturated rings. The van der Waals surface area contributed by atoms with Crippen molar-refractivity contribution in [3.63, 3.8) is 0 Å². The summed E-state index contributed by atoms with van der Waals surface area (Å²) in [7, 11) is 0. The van der Waals surface area contributed by atoms with Gasteiger partial charge in [0.2, 0.25) is 0 Å². The highest BCUT2D eigenvalue weighted by atomic mass is 14.7. The van der Waals surface area contributed by atoms with Crippen LogP contribution in [0.4, 0.5) is 0 Å². The highest BCUT2D eigenvalue weighted by Gasteiger charge is 1.97. The van der Waals surface area contributed by atoms with Crippen molar-refractivity contribution in [3.8, 4) is 0 Å². The molecule has 0 aliphatic rings. The van der Waals surface area contributed by atoms with Crippen LogP contribution in [0.1, 0.15) is 32.0 Å². The van der Waals surface area contributed by atoms with Crippen LogP contribution >= 0.6 is 0 Å². The molecule has 1 rings (SSSR count). The van der Waals surface area contributed by atoms with Gasteiger partial charge < -0.3 is 0 Å². The number of allylic oxidation sites excluding steroid dienone is 1. The van der Waals surface area contributed by atoms with E-state index < -0.39 is 0 Å². The van der Waals surface area contributed by atoms with Crippen molar-refractivity contribution >= 4 is 11.6 Å². The molecule has 0 unspecified atom stereocenters. The average Bonchev–Trinajstić information content (AvgIpc) is 2.20. The van der Waals surface area contributed by atoms with E-state index in [-0.39, 0.29) is 0 Å². The molecule has 0 radical (unpaired) electrons. The van der Waals surface area contributed by atoms with Crippen LogP contribution in [0.3, 0.4) is 0 Å². The fourth-order valence-electron chi connectivity index (χ4n) is 0.941. The molecule has 0 saturated heterocycles. The van der Waals surface area contributed by atoms with Crippen LogP contribution in [0.15, 0.2) is 31.5 Å². The SMILES string of the molecule is C=Cc1ncccc1C(=C)C.CC. The smallest absolute Gasteiger partial charge is 0.0698 e. The van der Waals surface area contributed by atoms with Gasteiger partial charge in [-0.1, -0.05) is 33.1 Å². The zero-order valence-electron chi connectivity index (χ0n) is 8.67. The molecule has 0 atom stereocenters. The minimum Gasteiger partial charge on any atom is -0.256 e. The molecule has 0 aliphatic heterocycles. The third kappa shape index (κ3) is 3.24. The minimum atomic E-state index is 0.903. The molecule has 0 amide bonds. The zero-order valence-corrected chi connectivity index (χ0v) is 8.67. The van der Waals surface area contributed by atoms with E-state index in [0.29, 0.717) is 0 Å². The minimum absolute atomic E-state index is 0.903. The van der Waals surface area contributed by atoms with E-state index in [1.165, 1.54) is 0 Å². The fraction of sp³-hybridized carbons (Fsp3) is 0.250. The molecule has 1 aromatic rings. The molecule has 1 aromatic heterocycles. The van der Waals surface area contributed by atoms with Crippen LogP contribution in [-0.2, 0) is 0 Å². The molecule has 0 saturated carbocycles. The van der Waals surface area contributed by atoms with Gasteiger partial charge in [-0.25, -0.2) is 0 Å². The Kier molecular flexibility index (Phi) is 5.53. The van der Waals surface area contributed by atoms with Gasteiger partial charge >= 0.3 is 0 Å². The summed E-state index contributed by atoms with van der Waals surface area (Å²) in [5, 5.41) is 0. The number of pyridine rings is 1. The van der Waals surface area contributed by atoms with Gasteiger partial charge in [0.15, 0.2) is 0 Å². The van der Waals surface area contributed by atoms with E-state index in [9.17, 15) is 0 Å². The third-order valence-electron chi connectivity index (χ3n) is 1.49. The largest absolute Gasteiger partial charge is 0.256 e. The van der Waals surface area contributed by atoms with Gasteiger partial charge in [-0.05, 0) is 24.6 Å². The topological polar surface area (TPSA) is 12.9 Å². The second-order valence-electron chi connectivity index (χ2n) is 2.42. The van der Waals surface area contributed by atoms with Gasteiger partial charge in [-0.15, -0.1) is 0 Å². The van der Waals surface area contributed by atoms with Crippen molar-refractivity contribution in [3.05, 3.63) is 42.7 Å². The van der Waals surface area contributed by atoms with Crippen molar-refractivity contribution in [2.45, 2.75) is 20.8 Å². The van der Waals surface area contributed by atoms with Crippen LogP contribution in [0.2, 0.25) is 0 Å². The molecular formula is C12H17N. The predicted molar refractivity (Wildman–Crippen MR) is 60.4 cm³/mol. The van der Waals surface area contributed by atoms with E-state index in [1.807, 2.05) is 32.9 Å². The number of nitrogens with zero attached hydrogens (tertiary/aromatic N) is 1. The van der Waals surface area contributed by atoms with Gasteiger partial charge in [0.25, 0.3) is 0 Å². The van der Waals surface area contributed by atoms with Crippen LogP contribution in [0.5, 0.6) is 0 Å². The molecule has 1 heterocycles. The van der Waals surface area contributed by atoms with E-state index in [2.05, 4.69) is 18.1 Å². The summed E-state index contributed by atoms with van der Waals surface area (Å²) in [5.41, 5.74) is 3.00. The third-order valence-corrected chi connectivity index (χ3v) is 1.49. The van der Waals surface area contributed by atoms with E-state index in [1.54, 1.807) is 12.3 Å². The van der Waals surface area contributed by atoms with Crippen molar-refractivity contribution in [2.75, 3.05) is 0 Å². The van der Waals surface area contributed by atoms with Gasteiger partial charge in [-0.3, -0.25) is 4.98 Å². The first kappa shape index (κ1) is 11.6. The average molecular weight is 175 g/mol. The Morgan fingerprint density at radius 2 is 2.08 bits per heavy atom. The van der Waals surface area contributed by atoms with Crippen molar-refractivity contribution in [1.29, 1.82) is 0 Å². The quantitative estimate of drug-likeness (QED) is 0.666. The van der Waals surface area contributed by atoms with Gasteiger partial charge in [-0.2, -0.15) is 0 Å². The standard InChI is InChI=1S/C10H11N.C2H6/c1-4-10-9(8(2)3)6-5-7-11-10;1-2/h4-7H,1-2H2,3H3;1-2H3. The van der Waals surface area contributed by atoms with E-state index >= 15 is 0 Å². The zero-order chi connectivity index (χ0) is 10.3. The predicted octanol–water partition coefficient (Wildman–Crippen LogP) is 3.78. The highest BCUT2D eigenvalue weighted by molar-refractivity contribution is 5.68. The molecule has 0 N–H and O–H groups in total. The van der Waals surface area contributed by atoms with E-state index in [0.717, 1.165) is 16.8 Å². The first-order chi connectivity index (χ1) is 6.25. The summed E-state index contributed by atoms with van der Waals surface area (Å²) in [6.07, 6.45) is 3.49. The summed E-state index contributed by atoms with van der Waals surface area (Å²) in [6.45, 7) is 13.5. The van der Waals surface area contributed by atoms with Gasteiger partial charge in [0.1, 0.15) is 0 Å². The maximum Gasteiger partial charge on any atom is 0.0698 e. The monoisotopic (exact) mass is 175 g/mol. The van der Waals surface area contributed by atoms with Crippen LogP contribution in [0.25, 0.3) is 11.6 Å².